The summed E-state index contributed by atoms with van der Waals surface area (Å²) in [7, 11) is 0. The number of hydrogen-bond donors (Lipinski definition) is 1. The maximum Gasteiger partial charge on any atom is 0.303 e. The van der Waals surface area contributed by atoms with Gasteiger partial charge in [-0.25, -0.2) is 0 Å². The number of ketones is 1. The van der Waals surface area contributed by atoms with Crippen LogP contribution in [0.1, 0.15) is 44.9 Å². The van der Waals surface area contributed by atoms with Crippen molar-refractivity contribution in [3.05, 3.63) is 0 Å². The van der Waals surface area contributed by atoms with Crippen LogP contribution in [-0.4, -0.2) is 16.9 Å². The van der Waals surface area contributed by atoms with Crippen molar-refractivity contribution in [2.75, 3.05) is 0 Å². The van der Waals surface area contributed by atoms with Gasteiger partial charge >= 0.3 is 5.97 Å². The molecule has 0 aromatic rings. The van der Waals surface area contributed by atoms with Crippen LogP contribution >= 0.6 is 0 Å². The lowest BCUT2D eigenvalue weighted by atomic mass is 9.66. The monoisotopic (exact) mass is 210 g/mol. The smallest absolute Gasteiger partial charge is 0.303 e. The van der Waals surface area contributed by atoms with Crippen LogP contribution in [0.3, 0.4) is 0 Å². The quantitative estimate of drug-likeness (QED) is 0.760. The minimum atomic E-state index is -0.676. The van der Waals surface area contributed by atoms with Gasteiger partial charge in [0.05, 0.1) is 0 Å². The molecule has 0 radical (unpaired) electrons. The molecule has 0 aromatic heterocycles. The Bertz CT molecular complexity index is 272. The Labute approximate surface area is 89.9 Å². The molecule has 0 amide bonds. The summed E-state index contributed by atoms with van der Waals surface area (Å²) >= 11 is 0. The first-order valence-corrected chi connectivity index (χ1v) is 5.88. The van der Waals surface area contributed by atoms with Crippen LogP contribution in [0.5, 0.6) is 0 Å². The molecule has 15 heavy (non-hydrogen) atoms. The Morgan fingerprint density at radius 2 is 2.07 bits per heavy atom. The van der Waals surface area contributed by atoms with Crippen LogP contribution < -0.4 is 0 Å². The molecule has 0 aromatic carbocycles. The largest absolute Gasteiger partial charge is 0.481 e. The molecule has 3 nitrogen and oxygen atoms in total. The third-order valence-electron chi connectivity index (χ3n) is 4.00. The molecule has 1 N–H and O–H groups in total. The number of carbonyl (C=O) groups excluding carboxylic acids is 1. The number of rotatable bonds is 2. The second-order valence-corrected chi connectivity index (χ2v) is 5.08. The van der Waals surface area contributed by atoms with Gasteiger partial charge in [0, 0.05) is 19.3 Å². The van der Waals surface area contributed by atoms with Crippen molar-refractivity contribution < 1.29 is 14.7 Å². The lowest BCUT2D eigenvalue weighted by Crippen LogP contribution is -2.31. The number of Topliss-reactive ketones (excluding diaryl/α,β-unsaturated/α-hetero) is 1. The lowest BCUT2D eigenvalue weighted by molar-refractivity contribution is -0.139. The fourth-order valence-corrected chi connectivity index (χ4v) is 3.22. The molecule has 3 heteroatoms. The fraction of sp³-hybridized carbons (Fsp3) is 0.833. The summed E-state index contributed by atoms with van der Waals surface area (Å²) in [5, 5.41) is 8.75. The van der Waals surface area contributed by atoms with Crippen LogP contribution in [0.2, 0.25) is 0 Å². The van der Waals surface area contributed by atoms with Gasteiger partial charge in [0.2, 0.25) is 0 Å². The van der Waals surface area contributed by atoms with E-state index < -0.39 is 5.97 Å². The van der Waals surface area contributed by atoms with E-state index in [-0.39, 0.29) is 0 Å². The maximum absolute atomic E-state index is 11.3. The highest BCUT2D eigenvalue weighted by molar-refractivity contribution is 5.79. The van der Waals surface area contributed by atoms with E-state index >= 15 is 0 Å². The van der Waals surface area contributed by atoms with Crippen LogP contribution in [0.15, 0.2) is 0 Å². The average molecular weight is 210 g/mol. The highest BCUT2D eigenvalue weighted by atomic mass is 16.4. The summed E-state index contributed by atoms with van der Waals surface area (Å²) in [4.78, 5) is 21.9. The van der Waals surface area contributed by atoms with Crippen molar-refractivity contribution in [2.45, 2.75) is 44.9 Å². The Morgan fingerprint density at radius 3 is 2.80 bits per heavy atom. The van der Waals surface area contributed by atoms with Crippen molar-refractivity contribution >= 4 is 11.8 Å². The van der Waals surface area contributed by atoms with E-state index in [0.29, 0.717) is 30.0 Å². The molecule has 2 aliphatic rings. The molecule has 0 saturated heterocycles. The summed E-state index contributed by atoms with van der Waals surface area (Å²) in [5.41, 5.74) is 0. The SMILES string of the molecule is O=C(O)C[C@H]1CC[C@@H]2CC(=O)CC[C@H]2C1. The Morgan fingerprint density at radius 1 is 1.27 bits per heavy atom. The summed E-state index contributed by atoms with van der Waals surface area (Å²) in [6.45, 7) is 0. The van der Waals surface area contributed by atoms with Crippen molar-refractivity contribution in [2.24, 2.45) is 17.8 Å². The predicted octanol–water partition coefficient (Wildman–Crippen LogP) is 2.25. The van der Waals surface area contributed by atoms with Gasteiger partial charge in [0.25, 0.3) is 0 Å². The molecule has 0 spiro atoms. The van der Waals surface area contributed by atoms with Crippen molar-refractivity contribution in [1.29, 1.82) is 0 Å². The normalized spacial score (nSPS) is 36.0. The zero-order valence-corrected chi connectivity index (χ0v) is 8.95. The van der Waals surface area contributed by atoms with E-state index in [2.05, 4.69) is 0 Å². The zero-order chi connectivity index (χ0) is 10.8. The molecular formula is C12H18O3. The standard InChI is InChI=1S/C12H18O3/c13-11-4-3-9-5-8(6-12(14)15)1-2-10(9)7-11/h8-10H,1-7H2,(H,14,15)/t8-,9-,10+/m0/s1. The average Bonchev–Trinajstić information content (AvgIpc) is 2.17. The molecule has 0 heterocycles. The van der Waals surface area contributed by atoms with E-state index in [4.69, 9.17) is 5.11 Å². The number of carboxylic acid groups (broad SMARTS) is 1. The highest BCUT2D eigenvalue weighted by Gasteiger charge is 2.35. The minimum absolute atomic E-state index is 0.317. The molecule has 2 rings (SSSR count). The third-order valence-corrected chi connectivity index (χ3v) is 4.00. The minimum Gasteiger partial charge on any atom is -0.481 e. The number of carboxylic acids is 1. The fourth-order valence-electron chi connectivity index (χ4n) is 3.22. The molecule has 3 atom stereocenters. The Kier molecular flexibility index (Phi) is 3.08. The van der Waals surface area contributed by atoms with Gasteiger partial charge in [0.1, 0.15) is 5.78 Å². The first kappa shape index (κ1) is 10.7. The Hall–Kier alpha value is -0.860. The maximum atomic E-state index is 11.3. The van der Waals surface area contributed by atoms with E-state index in [9.17, 15) is 9.59 Å². The molecule has 2 aliphatic carbocycles. The number of carbonyl (C=O) groups is 2. The first-order chi connectivity index (χ1) is 7.15. The van der Waals surface area contributed by atoms with E-state index in [0.717, 1.165) is 38.5 Å². The van der Waals surface area contributed by atoms with Crippen LogP contribution in [0, 0.1) is 17.8 Å². The number of aliphatic carboxylic acids is 1. The summed E-state index contributed by atoms with van der Waals surface area (Å²) < 4.78 is 0. The third kappa shape index (κ3) is 2.58. The molecular weight excluding hydrogens is 192 g/mol. The summed E-state index contributed by atoms with van der Waals surface area (Å²) in [6, 6.07) is 0. The molecule has 84 valence electrons. The van der Waals surface area contributed by atoms with Crippen molar-refractivity contribution in [3.8, 4) is 0 Å². The molecule has 0 unspecified atom stereocenters. The number of hydrogen-bond acceptors (Lipinski definition) is 2. The van der Waals surface area contributed by atoms with Crippen molar-refractivity contribution in [3.63, 3.8) is 0 Å². The van der Waals surface area contributed by atoms with Gasteiger partial charge in [-0.2, -0.15) is 0 Å². The van der Waals surface area contributed by atoms with Crippen molar-refractivity contribution in [1.82, 2.24) is 0 Å². The second-order valence-electron chi connectivity index (χ2n) is 5.08. The lowest BCUT2D eigenvalue weighted by Gasteiger charge is -2.38. The molecule has 0 aliphatic heterocycles. The van der Waals surface area contributed by atoms with E-state index in [1.165, 1.54) is 0 Å². The molecule has 2 fully saturated rings. The van der Waals surface area contributed by atoms with Crippen LogP contribution in [0.4, 0.5) is 0 Å². The van der Waals surface area contributed by atoms with E-state index in [1.807, 2.05) is 0 Å². The zero-order valence-electron chi connectivity index (χ0n) is 8.95. The highest BCUT2D eigenvalue weighted by Crippen LogP contribution is 2.42. The van der Waals surface area contributed by atoms with Gasteiger partial charge in [-0.1, -0.05) is 0 Å². The van der Waals surface area contributed by atoms with Gasteiger partial charge in [0.15, 0.2) is 0 Å². The Balaban J connectivity index is 1.89. The summed E-state index contributed by atoms with van der Waals surface area (Å²) in [6.07, 6.45) is 5.89. The van der Waals surface area contributed by atoms with Crippen LogP contribution in [-0.2, 0) is 9.59 Å². The van der Waals surface area contributed by atoms with Crippen LogP contribution in [0.25, 0.3) is 0 Å². The molecule has 2 saturated carbocycles. The predicted molar refractivity (Wildman–Crippen MR) is 55.4 cm³/mol. The van der Waals surface area contributed by atoms with Gasteiger partial charge in [-0.15, -0.1) is 0 Å². The molecule has 0 bridgehead atoms. The van der Waals surface area contributed by atoms with Gasteiger partial charge < -0.3 is 5.11 Å². The van der Waals surface area contributed by atoms with Gasteiger partial charge in [-0.3, -0.25) is 9.59 Å². The van der Waals surface area contributed by atoms with Gasteiger partial charge in [-0.05, 0) is 43.4 Å². The number of fused-ring (bicyclic) bond motifs is 1. The second kappa shape index (κ2) is 4.33. The summed E-state index contributed by atoms with van der Waals surface area (Å²) in [5.74, 6) is 1.28. The first-order valence-electron chi connectivity index (χ1n) is 5.88. The topological polar surface area (TPSA) is 54.4 Å². The van der Waals surface area contributed by atoms with E-state index in [1.54, 1.807) is 0 Å².